The Kier molecular flexibility index (Phi) is 5.37. The minimum atomic E-state index is -0.414. The van der Waals surface area contributed by atoms with Gasteiger partial charge in [-0.1, -0.05) is 43.0 Å². The van der Waals surface area contributed by atoms with Gasteiger partial charge in [-0.2, -0.15) is 0 Å². The Labute approximate surface area is 155 Å². The molecule has 7 heteroatoms. The quantitative estimate of drug-likeness (QED) is 0.275. The number of rotatable bonds is 6. The Balaban J connectivity index is 1.95. The van der Waals surface area contributed by atoms with E-state index in [1.54, 1.807) is 22.8 Å². The van der Waals surface area contributed by atoms with E-state index in [9.17, 15) is 14.9 Å². The molecule has 0 N–H and O–H groups in total. The first-order chi connectivity index (χ1) is 12.5. The van der Waals surface area contributed by atoms with E-state index in [1.165, 1.54) is 23.9 Å². The Morgan fingerprint density at radius 3 is 2.54 bits per heavy atom. The molecule has 1 atom stereocenters. The first kappa shape index (κ1) is 18.1. The third-order valence-corrected chi connectivity index (χ3v) is 5.35. The summed E-state index contributed by atoms with van der Waals surface area (Å²) >= 11 is 1.47. The summed E-state index contributed by atoms with van der Waals surface area (Å²) in [5.74, 6) is 0.583. The van der Waals surface area contributed by atoms with E-state index in [2.05, 4.69) is 4.98 Å². The van der Waals surface area contributed by atoms with Crippen LogP contribution < -0.4 is 5.56 Å². The van der Waals surface area contributed by atoms with Crippen LogP contribution in [0.25, 0.3) is 10.9 Å². The molecule has 6 nitrogen and oxygen atoms in total. The van der Waals surface area contributed by atoms with Gasteiger partial charge in [0.25, 0.3) is 11.2 Å². The molecule has 0 fully saturated rings. The van der Waals surface area contributed by atoms with E-state index in [1.807, 2.05) is 32.0 Å². The highest BCUT2D eigenvalue weighted by molar-refractivity contribution is 7.98. The van der Waals surface area contributed by atoms with Crippen molar-refractivity contribution in [1.82, 2.24) is 9.55 Å². The van der Waals surface area contributed by atoms with E-state index in [0.717, 1.165) is 12.0 Å². The molecule has 134 valence electrons. The van der Waals surface area contributed by atoms with Crippen molar-refractivity contribution in [1.29, 1.82) is 0 Å². The van der Waals surface area contributed by atoms with Crippen molar-refractivity contribution in [3.63, 3.8) is 0 Å². The summed E-state index contributed by atoms with van der Waals surface area (Å²) in [7, 11) is 0. The van der Waals surface area contributed by atoms with Gasteiger partial charge in [-0.15, -0.1) is 0 Å². The van der Waals surface area contributed by atoms with Gasteiger partial charge in [0.15, 0.2) is 5.16 Å². The fraction of sp³-hybridized carbons (Fsp3) is 0.263. The first-order valence-electron chi connectivity index (χ1n) is 8.38. The minimum Gasteiger partial charge on any atom is -0.284 e. The molecule has 0 spiro atoms. The molecule has 3 aromatic rings. The maximum Gasteiger partial charge on any atom is 0.269 e. The molecule has 0 bridgehead atoms. The van der Waals surface area contributed by atoms with Crippen molar-refractivity contribution in [2.75, 3.05) is 0 Å². The summed E-state index contributed by atoms with van der Waals surface area (Å²) < 4.78 is 1.75. The topological polar surface area (TPSA) is 78.0 Å². The van der Waals surface area contributed by atoms with Gasteiger partial charge in [0.05, 0.1) is 15.8 Å². The molecule has 26 heavy (non-hydrogen) atoms. The lowest BCUT2D eigenvalue weighted by Gasteiger charge is -2.18. The van der Waals surface area contributed by atoms with Crippen LogP contribution in [-0.2, 0) is 5.75 Å². The van der Waals surface area contributed by atoms with Crippen LogP contribution in [0.4, 0.5) is 5.69 Å². The van der Waals surface area contributed by atoms with Crippen molar-refractivity contribution >= 4 is 28.4 Å². The molecule has 0 aliphatic rings. The third-order valence-electron chi connectivity index (χ3n) is 4.32. The second-order valence-electron chi connectivity index (χ2n) is 6.06. The van der Waals surface area contributed by atoms with E-state index in [0.29, 0.717) is 21.8 Å². The Morgan fingerprint density at radius 2 is 1.88 bits per heavy atom. The van der Waals surface area contributed by atoms with Crippen LogP contribution in [0.1, 0.15) is 31.9 Å². The summed E-state index contributed by atoms with van der Waals surface area (Å²) in [6.45, 7) is 4.05. The predicted molar refractivity (Wildman–Crippen MR) is 104 cm³/mol. The summed E-state index contributed by atoms with van der Waals surface area (Å²) in [6.07, 6.45) is 0.824. The second kappa shape index (κ2) is 7.70. The van der Waals surface area contributed by atoms with Crippen LogP contribution >= 0.6 is 11.8 Å². The molecule has 0 radical (unpaired) electrons. The molecule has 0 aliphatic carbocycles. The van der Waals surface area contributed by atoms with Crippen LogP contribution in [0.3, 0.4) is 0 Å². The van der Waals surface area contributed by atoms with Gasteiger partial charge in [0, 0.05) is 23.9 Å². The average Bonchev–Trinajstić information content (AvgIpc) is 2.66. The molecular formula is C19H19N3O3S. The molecule has 0 saturated heterocycles. The minimum absolute atomic E-state index is 0.0313. The number of nitro benzene ring substituents is 1. The lowest BCUT2D eigenvalue weighted by Crippen LogP contribution is -2.26. The average molecular weight is 369 g/mol. The van der Waals surface area contributed by atoms with E-state index < -0.39 is 4.92 Å². The van der Waals surface area contributed by atoms with E-state index in [4.69, 9.17) is 0 Å². The molecule has 2 aromatic carbocycles. The van der Waals surface area contributed by atoms with E-state index in [-0.39, 0.29) is 17.3 Å². The van der Waals surface area contributed by atoms with Crippen LogP contribution in [0, 0.1) is 10.1 Å². The number of aromatic nitrogens is 2. The largest absolute Gasteiger partial charge is 0.284 e. The lowest BCUT2D eigenvalue weighted by atomic mass is 10.2. The zero-order valence-corrected chi connectivity index (χ0v) is 15.4. The van der Waals surface area contributed by atoms with Gasteiger partial charge in [0.2, 0.25) is 0 Å². The molecule has 0 saturated carbocycles. The molecule has 0 unspecified atom stereocenters. The van der Waals surface area contributed by atoms with Crippen LogP contribution in [0.2, 0.25) is 0 Å². The maximum atomic E-state index is 12.9. The van der Waals surface area contributed by atoms with E-state index >= 15 is 0 Å². The molecule has 1 aromatic heterocycles. The monoisotopic (exact) mass is 369 g/mol. The molecular weight excluding hydrogens is 350 g/mol. The number of non-ortho nitro benzene ring substituents is 1. The smallest absolute Gasteiger partial charge is 0.269 e. The van der Waals surface area contributed by atoms with Gasteiger partial charge >= 0.3 is 0 Å². The number of fused-ring (bicyclic) bond motifs is 1. The molecule has 1 heterocycles. The van der Waals surface area contributed by atoms with Gasteiger partial charge in [-0.25, -0.2) is 4.98 Å². The Morgan fingerprint density at radius 1 is 1.19 bits per heavy atom. The fourth-order valence-corrected chi connectivity index (χ4v) is 3.71. The van der Waals surface area contributed by atoms with Crippen molar-refractivity contribution in [2.24, 2.45) is 0 Å². The van der Waals surface area contributed by atoms with Crippen LogP contribution in [0.15, 0.2) is 58.5 Å². The van der Waals surface area contributed by atoms with Crippen LogP contribution in [-0.4, -0.2) is 14.5 Å². The summed E-state index contributed by atoms with van der Waals surface area (Å²) in [5, 5.41) is 12.0. The normalized spacial score (nSPS) is 12.2. The van der Waals surface area contributed by atoms with Crippen LogP contribution in [0.5, 0.6) is 0 Å². The van der Waals surface area contributed by atoms with Gasteiger partial charge < -0.3 is 0 Å². The molecule has 0 aliphatic heterocycles. The van der Waals surface area contributed by atoms with Crippen molar-refractivity contribution < 1.29 is 4.92 Å². The summed E-state index contributed by atoms with van der Waals surface area (Å²) in [6, 6.07) is 13.8. The highest BCUT2D eigenvalue weighted by atomic mass is 32.2. The highest BCUT2D eigenvalue weighted by Crippen LogP contribution is 2.26. The second-order valence-corrected chi connectivity index (χ2v) is 7.00. The Bertz CT molecular complexity index is 999. The number of hydrogen-bond donors (Lipinski definition) is 0. The number of nitro groups is 1. The zero-order chi connectivity index (χ0) is 18.7. The van der Waals surface area contributed by atoms with Gasteiger partial charge in [-0.3, -0.25) is 19.5 Å². The SMILES string of the molecule is CC[C@@H](C)n1c(SCc2ccc([N+](=O)[O-])cc2)nc2ccccc2c1=O. The molecule has 0 amide bonds. The number of para-hydroxylation sites is 1. The summed E-state index contributed by atoms with van der Waals surface area (Å²) in [5.41, 5.74) is 1.66. The third kappa shape index (κ3) is 3.62. The van der Waals surface area contributed by atoms with Gasteiger partial charge in [0.1, 0.15) is 0 Å². The predicted octanol–water partition coefficient (Wildman–Crippen LogP) is 4.57. The number of hydrogen-bond acceptors (Lipinski definition) is 5. The Hall–Kier alpha value is -2.67. The number of nitrogens with zero attached hydrogens (tertiary/aromatic N) is 3. The lowest BCUT2D eigenvalue weighted by molar-refractivity contribution is -0.384. The van der Waals surface area contributed by atoms with Crippen molar-refractivity contribution in [3.05, 3.63) is 74.6 Å². The zero-order valence-electron chi connectivity index (χ0n) is 14.6. The van der Waals surface area contributed by atoms with Gasteiger partial charge in [-0.05, 0) is 31.0 Å². The maximum absolute atomic E-state index is 12.9. The highest BCUT2D eigenvalue weighted by Gasteiger charge is 2.15. The summed E-state index contributed by atoms with van der Waals surface area (Å²) in [4.78, 5) is 27.9. The standard InChI is InChI=1S/C19H19N3O3S/c1-3-13(2)21-18(23)16-6-4-5-7-17(16)20-19(21)26-12-14-8-10-15(11-9-14)22(24)25/h4-11,13H,3,12H2,1-2H3/t13-/m1/s1. The number of thioether (sulfide) groups is 1. The fourth-order valence-electron chi connectivity index (χ4n) is 2.66. The first-order valence-corrected chi connectivity index (χ1v) is 9.37. The van der Waals surface area contributed by atoms with Crippen molar-refractivity contribution in [2.45, 2.75) is 37.2 Å². The number of benzene rings is 2. The van der Waals surface area contributed by atoms with Crippen molar-refractivity contribution in [3.8, 4) is 0 Å². The molecule has 3 rings (SSSR count).